The first-order chi connectivity index (χ1) is 9.00. The minimum atomic E-state index is -0.758. The molecule has 0 radical (unpaired) electrons. The summed E-state index contributed by atoms with van der Waals surface area (Å²) < 4.78 is 0. The Labute approximate surface area is 115 Å². The van der Waals surface area contributed by atoms with Gasteiger partial charge in [0.1, 0.15) is 0 Å². The van der Waals surface area contributed by atoms with Gasteiger partial charge >= 0.3 is 12.0 Å². The molecule has 1 aliphatic rings. The highest BCUT2D eigenvalue weighted by molar-refractivity contribution is 5.78. The summed E-state index contributed by atoms with van der Waals surface area (Å²) in [6, 6.07) is -0.0218. The normalized spacial score (nSPS) is 23.2. The molecule has 0 aromatic heterocycles. The van der Waals surface area contributed by atoms with E-state index in [0.717, 1.165) is 12.8 Å². The molecule has 0 aromatic carbocycles. The van der Waals surface area contributed by atoms with Gasteiger partial charge in [0.05, 0.1) is 5.41 Å². The van der Waals surface area contributed by atoms with E-state index in [-0.39, 0.29) is 6.03 Å². The molecule has 0 bridgehead atoms. The summed E-state index contributed by atoms with van der Waals surface area (Å²) in [4.78, 5) is 27.4. The van der Waals surface area contributed by atoms with Crippen LogP contribution in [-0.4, -0.2) is 53.1 Å². The van der Waals surface area contributed by atoms with Crippen LogP contribution in [0.25, 0.3) is 0 Å². The van der Waals surface area contributed by atoms with Crippen LogP contribution in [-0.2, 0) is 4.79 Å². The van der Waals surface area contributed by atoms with Crippen molar-refractivity contribution in [2.75, 3.05) is 26.2 Å². The molecule has 19 heavy (non-hydrogen) atoms. The van der Waals surface area contributed by atoms with E-state index in [1.54, 1.807) is 9.80 Å². The summed E-state index contributed by atoms with van der Waals surface area (Å²) in [5, 5.41) is 9.52. The summed E-state index contributed by atoms with van der Waals surface area (Å²) in [7, 11) is 0. The highest BCUT2D eigenvalue weighted by Gasteiger charge is 2.43. The van der Waals surface area contributed by atoms with E-state index in [0.29, 0.717) is 39.0 Å². The number of piperidine rings is 1. The summed E-state index contributed by atoms with van der Waals surface area (Å²) in [6.45, 7) is 8.25. The molecule has 1 N–H and O–H groups in total. The van der Waals surface area contributed by atoms with Crippen molar-refractivity contribution in [3.8, 4) is 0 Å². The van der Waals surface area contributed by atoms with Crippen molar-refractivity contribution in [1.82, 2.24) is 9.80 Å². The van der Waals surface area contributed by atoms with Crippen LogP contribution in [0.5, 0.6) is 0 Å². The lowest BCUT2D eigenvalue weighted by Crippen LogP contribution is -2.53. The number of rotatable bonds is 5. The average Bonchev–Trinajstić information content (AvgIpc) is 2.40. The zero-order chi connectivity index (χ0) is 14.5. The lowest BCUT2D eigenvalue weighted by atomic mass is 9.76. The topological polar surface area (TPSA) is 60.9 Å². The van der Waals surface area contributed by atoms with Crippen LogP contribution in [0.2, 0.25) is 0 Å². The molecule has 5 heteroatoms. The maximum absolute atomic E-state index is 12.3. The molecule has 5 nitrogen and oxygen atoms in total. The van der Waals surface area contributed by atoms with Crippen molar-refractivity contribution in [3.63, 3.8) is 0 Å². The second-order valence-electron chi connectivity index (χ2n) is 5.32. The minimum Gasteiger partial charge on any atom is -0.481 e. The molecule has 2 amide bonds. The van der Waals surface area contributed by atoms with E-state index in [1.807, 2.05) is 20.8 Å². The van der Waals surface area contributed by atoms with Crippen LogP contribution in [0.1, 0.15) is 46.5 Å². The molecule has 1 rings (SSSR count). The van der Waals surface area contributed by atoms with Gasteiger partial charge in [-0.15, -0.1) is 0 Å². The molecule has 1 heterocycles. The van der Waals surface area contributed by atoms with Crippen molar-refractivity contribution < 1.29 is 14.7 Å². The predicted molar refractivity (Wildman–Crippen MR) is 74.1 cm³/mol. The first-order valence-electron chi connectivity index (χ1n) is 7.28. The van der Waals surface area contributed by atoms with Crippen LogP contribution in [0.4, 0.5) is 4.79 Å². The molecule has 1 unspecified atom stereocenters. The zero-order valence-corrected chi connectivity index (χ0v) is 12.3. The Balaban J connectivity index is 2.82. The van der Waals surface area contributed by atoms with E-state index in [1.165, 1.54) is 0 Å². The molecule has 1 aliphatic heterocycles. The summed E-state index contributed by atoms with van der Waals surface area (Å²) >= 11 is 0. The van der Waals surface area contributed by atoms with Gasteiger partial charge in [0, 0.05) is 26.2 Å². The number of likely N-dealkylation sites (tertiary alicyclic amines) is 1. The SMILES string of the molecule is CCCC1(C(=O)O)CCCN(C(=O)N(CC)CC)C1. The fraction of sp³-hybridized carbons (Fsp3) is 0.857. The second-order valence-corrected chi connectivity index (χ2v) is 5.32. The van der Waals surface area contributed by atoms with Gasteiger partial charge in [-0.25, -0.2) is 4.79 Å². The zero-order valence-electron chi connectivity index (χ0n) is 12.3. The van der Waals surface area contributed by atoms with E-state index < -0.39 is 11.4 Å². The Bertz CT molecular complexity index is 325. The van der Waals surface area contributed by atoms with Crippen LogP contribution in [0.15, 0.2) is 0 Å². The van der Waals surface area contributed by atoms with Crippen LogP contribution >= 0.6 is 0 Å². The van der Waals surface area contributed by atoms with Gasteiger partial charge in [-0.3, -0.25) is 4.79 Å². The first-order valence-corrected chi connectivity index (χ1v) is 7.28. The van der Waals surface area contributed by atoms with Gasteiger partial charge in [-0.05, 0) is 33.1 Å². The van der Waals surface area contributed by atoms with Crippen LogP contribution in [0, 0.1) is 5.41 Å². The number of aliphatic carboxylic acids is 1. The van der Waals surface area contributed by atoms with Gasteiger partial charge in [-0.1, -0.05) is 13.3 Å². The number of urea groups is 1. The monoisotopic (exact) mass is 270 g/mol. The number of carboxylic acids is 1. The number of nitrogens with zero attached hydrogens (tertiary/aromatic N) is 2. The summed E-state index contributed by atoms with van der Waals surface area (Å²) in [5.74, 6) is -0.758. The summed E-state index contributed by atoms with van der Waals surface area (Å²) in [5.41, 5.74) is -0.740. The number of carbonyl (C=O) groups is 2. The number of hydrogen-bond donors (Lipinski definition) is 1. The van der Waals surface area contributed by atoms with Crippen LogP contribution < -0.4 is 0 Å². The molecular formula is C14H26N2O3. The van der Waals surface area contributed by atoms with E-state index >= 15 is 0 Å². The highest BCUT2D eigenvalue weighted by Crippen LogP contribution is 2.35. The Morgan fingerprint density at radius 1 is 1.26 bits per heavy atom. The largest absolute Gasteiger partial charge is 0.481 e. The standard InChI is InChI=1S/C14H26N2O3/c1-4-8-14(12(17)18)9-7-10-16(11-14)13(19)15(5-2)6-3/h4-11H2,1-3H3,(H,17,18). The predicted octanol–water partition coefficient (Wildman–Crippen LogP) is 2.42. The fourth-order valence-electron chi connectivity index (χ4n) is 2.95. The van der Waals surface area contributed by atoms with E-state index in [2.05, 4.69) is 0 Å². The molecule has 0 saturated carbocycles. The molecule has 0 aromatic rings. The molecule has 110 valence electrons. The van der Waals surface area contributed by atoms with Crippen molar-refractivity contribution in [2.45, 2.75) is 46.5 Å². The van der Waals surface area contributed by atoms with Gasteiger partial charge in [-0.2, -0.15) is 0 Å². The number of amides is 2. The molecule has 1 fully saturated rings. The third kappa shape index (κ3) is 3.39. The van der Waals surface area contributed by atoms with Crippen molar-refractivity contribution in [1.29, 1.82) is 0 Å². The van der Waals surface area contributed by atoms with Crippen molar-refractivity contribution in [3.05, 3.63) is 0 Å². The third-order valence-electron chi connectivity index (χ3n) is 4.06. The molecule has 1 atom stereocenters. The smallest absolute Gasteiger partial charge is 0.320 e. The first kappa shape index (κ1) is 15.8. The number of carboxylic acid groups (broad SMARTS) is 1. The van der Waals surface area contributed by atoms with Gasteiger partial charge < -0.3 is 14.9 Å². The van der Waals surface area contributed by atoms with E-state index in [9.17, 15) is 14.7 Å². The molecular weight excluding hydrogens is 244 g/mol. The van der Waals surface area contributed by atoms with Crippen molar-refractivity contribution >= 4 is 12.0 Å². The maximum atomic E-state index is 12.3. The average molecular weight is 270 g/mol. The van der Waals surface area contributed by atoms with Gasteiger partial charge in [0.15, 0.2) is 0 Å². The Morgan fingerprint density at radius 3 is 2.37 bits per heavy atom. The second kappa shape index (κ2) is 6.78. The lowest BCUT2D eigenvalue weighted by Gasteiger charge is -2.41. The quantitative estimate of drug-likeness (QED) is 0.834. The Hall–Kier alpha value is -1.26. The third-order valence-corrected chi connectivity index (χ3v) is 4.06. The lowest BCUT2D eigenvalue weighted by molar-refractivity contribution is -0.152. The highest BCUT2D eigenvalue weighted by atomic mass is 16.4. The van der Waals surface area contributed by atoms with Crippen LogP contribution in [0.3, 0.4) is 0 Å². The number of hydrogen-bond acceptors (Lipinski definition) is 2. The molecule has 1 saturated heterocycles. The van der Waals surface area contributed by atoms with Gasteiger partial charge in [0.25, 0.3) is 0 Å². The number of carbonyl (C=O) groups excluding carboxylic acids is 1. The maximum Gasteiger partial charge on any atom is 0.320 e. The minimum absolute atomic E-state index is 0.0218. The Kier molecular flexibility index (Phi) is 5.63. The summed E-state index contributed by atoms with van der Waals surface area (Å²) in [6.07, 6.45) is 2.93. The fourth-order valence-corrected chi connectivity index (χ4v) is 2.95. The molecule has 0 aliphatic carbocycles. The molecule has 0 spiro atoms. The Morgan fingerprint density at radius 2 is 1.89 bits per heavy atom. The van der Waals surface area contributed by atoms with E-state index in [4.69, 9.17) is 0 Å². The van der Waals surface area contributed by atoms with Gasteiger partial charge in [0.2, 0.25) is 0 Å². The van der Waals surface area contributed by atoms with Crippen molar-refractivity contribution in [2.24, 2.45) is 5.41 Å².